The number of carbonyl (C=O) groups is 2. The van der Waals surface area contributed by atoms with Gasteiger partial charge in [-0.1, -0.05) is 48.0 Å². The number of hydrogen-bond donors (Lipinski definition) is 1. The number of aryl methyl sites for hydroxylation is 1. The lowest BCUT2D eigenvalue weighted by Gasteiger charge is -2.07. The second-order valence-corrected chi connectivity index (χ2v) is 5.96. The number of fused-ring (bicyclic) bond motifs is 3. The van der Waals surface area contributed by atoms with Gasteiger partial charge >= 0.3 is 0 Å². The van der Waals surface area contributed by atoms with Gasteiger partial charge in [-0.3, -0.25) is 9.59 Å². The molecule has 1 N–H and O–H groups in total. The maximum Gasteiger partial charge on any atom is 0.255 e. The van der Waals surface area contributed by atoms with E-state index in [-0.39, 0.29) is 11.7 Å². The molecule has 24 heavy (non-hydrogen) atoms. The number of hydrogen-bond acceptors (Lipinski definition) is 2. The second-order valence-electron chi connectivity index (χ2n) is 5.96. The molecule has 1 amide bonds. The highest BCUT2D eigenvalue weighted by Gasteiger charge is 2.26. The fourth-order valence-corrected chi connectivity index (χ4v) is 3.01. The molecule has 3 aromatic carbocycles. The average Bonchev–Trinajstić information content (AvgIpc) is 2.90. The molecule has 0 unspecified atom stereocenters. The highest BCUT2D eigenvalue weighted by Crippen LogP contribution is 2.36. The number of nitrogens with one attached hydrogen (secondary N) is 1. The zero-order valence-corrected chi connectivity index (χ0v) is 13.2. The standard InChI is InChI=1S/C21H15NO2/c1-13-6-9-15(10-7-13)22-21(24)14-8-11-17-16-4-2-3-5-18(16)20(23)19(17)12-14/h2-12H,1H3,(H,22,24). The molecule has 3 nitrogen and oxygen atoms in total. The van der Waals surface area contributed by atoms with Crippen molar-refractivity contribution in [1.29, 1.82) is 0 Å². The molecular formula is C21H15NO2. The van der Waals surface area contributed by atoms with Crippen molar-refractivity contribution in [2.24, 2.45) is 0 Å². The van der Waals surface area contributed by atoms with Gasteiger partial charge in [-0.15, -0.1) is 0 Å². The van der Waals surface area contributed by atoms with Crippen molar-refractivity contribution in [3.8, 4) is 11.1 Å². The summed E-state index contributed by atoms with van der Waals surface area (Å²) in [5.41, 5.74) is 5.46. The first-order valence-electron chi connectivity index (χ1n) is 7.79. The monoisotopic (exact) mass is 313 g/mol. The lowest BCUT2D eigenvalue weighted by Crippen LogP contribution is -2.12. The summed E-state index contributed by atoms with van der Waals surface area (Å²) in [7, 11) is 0. The molecule has 3 aromatic rings. The van der Waals surface area contributed by atoms with Gasteiger partial charge in [0.25, 0.3) is 5.91 Å². The second kappa shape index (κ2) is 5.46. The Balaban J connectivity index is 1.66. The molecule has 4 rings (SSSR count). The zero-order chi connectivity index (χ0) is 16.7. The molecule has 116 valence electrons. The van der Waals surface area contributed by atoms with Crippen molar-refractivity contribution >= 4 is 17.4 Å². The Labute approximate surface area is 140 Å². The van der Waals surface area contributed by atoms with Gasteiger partial charge < -0.3 is 5.32 Å². The Hall–Kier alpha value is -3.20. The third kappa shape index (κ3) is 2.31. The van der Waals surface area contributed by atoms with Gasteiger partial charge in [0.2, 0.25) is 0 Å². The average molecular weight is 313 g/mol. The first-order chi connectivity index (χ1) is 11.6. The molecule has 0 heterocycles. The molecule has 0 saturated heterocycles. The number of rotatable bonds is 2. The van der Waals surface area contributed by atoms with Crippen molar-refractivity contribution in [2.45, 2.75) is 6.92 Å². The van der Waals surface area contributed by atoms with Crippen LogP contribution < -0.4 is 5.32 Å². The van der Waals surface area contributed by atoms with Crippen LogP contribution in [0.15, 0.2) is 66.7 Å². The minimum absolute atomic E-state index is 0.0226. The normalized spacial score (nSPS) is 11.8. The fourth-order valence-electron chi connectivity index (χ4n) is 3.01. The Kier molecular flexibility index (Phi) is 3.28. The van der Waals surface area contributed by atoms with Crippen molar-refractivity contribution in [3.05, 3.63) is 89.0 Å². The van der Waals surface area contributed by atoms with Crippen LogP contribution in [0.25, 0.3) is 11.1 Å². The summed E-state index contributed by atoms with van der Waals surface area (Å²) in [5, 5.41) is 2.86. The van der Waals surface area contributed by atoms with Crippen molar-refractivity contribution in [3.63, 3.8) is 0 Å². The highest BCUT2D eigenvalue weighted by atomic mass is 16.1. The summed E-state index contributed by atoms with van der Waals surface area (Å²) in [6, 6.07) is 20.4. The van der Waals surface area contributed by atoms with E-state index in [0.29, 0.717) is 16.7 Å². The van der Waals surface area contributed by atoms with Gasteiger partial charge in [-0.2, -0.15) is 0 Å². The molecule has 0 spiro atoms. The van der Waals surface area contributed by atoms with E-state index in [4.69, 9.17) is 0 Å². The third-order valence-corrected chi connectivity index (χ3v) is 4.30. The third-order valence-electron chi connectivity index (χ3n) is 4.30. The summed E-state index contributed by atoms with van der Waals surface area (Å²) in [6.45, 7) is 2.00. The van der Waals surface area contributed by atoms with Crippen molar-refractivity contribution < 1.29 is 9.59 Å². The van der Waals surface area contributed by atoms with Gasteiger partial charge in [0.1, 0.15) is 0 Å². The minimum atomic E-state index is -0.217. The van der Waals surface area contributed by atoms with E-state index in [9.17, 15) is 9.59 Å². The maximum absolute atomic E-state index is 12.5. The SMILES string of the molecule is Cc1ccc(NC(=O)c2ccc3c(c2)C(=O)c2ccccc2-3)cc1. The lowest BCUT2D eigenvalue weighted by molar-refractivity contribution is 0.102. The number of amides is 1. The quantitative estimate of drug-likeness (QED) is 0.594. The van der Waals surface area contributed by atoms with E-state index in [1.807, 2.05) is 61.5 Å². The molecule has 1 aliphatic rings. The van der Waals surface area contributed by atoms with Crippen molar-refractivity contribution in [2.75, 3.05) is 5.32 Å². The van der Waals surface area contributed by atoms with Gasteiger partial charge in [0.05, 0.1) is 0 Å². The van der Waals surface area contributed by atoms with E-state index in [1.165, 1.54) is 0 Å². The molecule has 0 fully saturated rings. The first kappa shape index (κ1) is 14.4. The molecular weight excluding hydrogens is 298 g/mol. The van der Waals surface area contributed by atoms with Crippen LogP contribution in [0.4, 0.5) is 5.69 Å². The zero-order valence-electron chi connectivity index (χ0n) is 13.2. The summed E-state index contributed by atoms with van der Waals surface area (Å²) in [5.74, 6) is -0.240. The van der Waals surface area contributed by atoms with Gasteiger partial charge in [-0.25, -0.2) is 0 Å². The molecule has 0 radical (unpaired) electrons. The maximum atomic E-state index is 12.5. The number of anilines is 1. The minimum Gasteiger partial charge on any atom is -0.322 e. The first-order valence-corrected chi connectivity index (χ1v) is 7.79. The van der Waals surface area contributed by atoms with E-state index in [0.717, 1.165) is 22.4 Å². The predicted molar refractivity (Wildman–Crippen MR) is 94.4 cm³/mol. The summed E-state index contributed by atoms with van der Waals surface area (Å²) >= 11 is 0. The predicted octanol–water partition coefficient (Wildman–Crippen LogP) is 4.46. The molecule has 0 aromatic heterocycles. The van der Waals surface area contributed by atoms with Crippen LogP contribution in [0.2, 0.25) is 0 Å². The van der Waals surface area contributed by atoms with Crippen LogP contribution in [0.1, 0.15) is 31.8 Å². The molecule has 0 atom stereocenters. The van der Waals surface area contributed by atoms with E-state index in [2.05, 4.69) is 5.32 Å². The van der Waals surface area contributed by atoms with Gasteiger partial charge in [0, 0.05) is 22.4 Å². The summed E-state index contributed by atoms with van der Waals surface area (Å²) in [6.07, 6.45) is 0. The molecule has 1 aliphatic carbocycles. The largest absolute Gasteiger partial charge is 0.322 e. The summed E-state index contributed by atoms with van der Waals surface area (Å²) in [4.78, 5) is 25.0. The topological polar surface area (TPSA) is 46.2 Å². The lowest BCUT2D eigenvalue weighted by atomic mass is 10.0. The van der Waals surface area contributed by atoms with E-state index < -0.39 is 0 Å². The smallest absolute Gasteiger partial charge is 0.255 e. The molecule has 0 bridgehead atoms. The molecule has 0 saturated carbocycles. The Morgan fingerprint density at radius 3 is 2.21 bits per heavy atom. The van der Waals surface area contributed by atoms with Crippen molar-refractivity contribution in [1.82, 2.24) is 0 Å². The number of benzene rings is 3. The van der Waals surface area contributed by atoms with Crippen LogP contribution in [0, 0.1) is 6.92 Å². The fraction of sp³-hybridized carbons (Fsp3) is 0.0476. The van der Waals surface area contributed by atoms with Crippen LogP contribution in [0.3, 0.4) is 0 Å². The highest BCUT2D eigenvalue weighted by molar-refractivity contribution is 6.22. The van der Waals surface area contributed by atoms with Gasteiger partial charge in [-0.05, 0) is 42.3 Å². The van der Waals surface area contributed by atoms with Gasteiger partial charge in [0.15, 0.2) is 5.78 Å². The van der Waals surface area contributed by atoms with Crippen LogP contribution in [-0.2, 0) is 0 Å². The Bertz CT molecular complexity index is 971. The number of carbonyl (C=O) groups excluding carboxylic acids is 2. The Morgan fingerprint density at radius 1 is 0.792 bits per heavy atom. The van der Waals surface area contributed by atoms with E-state index >= 15 is 0 Å². The van der Waals surface area contributed by atoms with E-state index in [1.54, 1.807) is 12.1 Å². The van der Waals surface area contributed by atoms with Crippen LogP contribution in [0.5, 0.6) is 0 Å². The molecule has 0 aliphatic heterocycles. The van der Waals surface area contributed by atoms with Crippen LogP contribution >= 0.6 is 0 Å². The number of ketones is 1. The van der Waals surface area contributed by atoms with Crippen LogP contribution in [-0.4, -0.2) is 11.7 Å². The summed E-state index contributed by atoms with van der Waals surface area (Å²) < 4.78 is 0. The molecule has 3 heteroatoms. The Morgan fingerprint density at radius 2 is 1.46 bits per heavy atom.